The number of rotatable bonds is 2. The molecular formula is C7H10N2O3. The molecule has 0 amide bonds. The minimum atomic E-state index is -0.467. The van der Waals surface area contributed by atoms with E-state index in [4.69, 9.17) is 4.74 Å². The number of H-pyrrole nitrogens is 1. The first kappa shape index (κ1) is 8.58. The third kappa shape index (κ3) is 1.55. The van der Waals surface area contributed by atoms with Gasteiger partial charge in [-0.3, -0.25) is 14.3 Å². The number of aromatic nitrogens is 2. The lowest BCUT2D eigenvalue weighted by Gasteiger charge is -2.05. The molecular weight excluding hydrogens is 160 g/mol. The van der Waals surface area contributed by atoms with Gasteiger partial charge in [-0.25, -0.2) is 4.79 Å². The molecule has 0 unspecified atom stereocenters. The molecule has 0 saturated heterocycles. The van der Waals surface area contributed by atoms with Gasteiger partial charge in [-0.1, -0.05) is 0 Å². The maximum Gasteiger partial charge on any atom is 0.330 e. The van der Waals surface area contributed by atoms with Crippen LogP contribution in [0.15, 0.2) is 15.7 Å². The summed E-state index contributed by atoms with van der Waals surface area (Å²) in [6.45, 7) is 2.21. The molecule has 0 spiro atoms. The molecule has 0 aromatic carbocycles. The van der Waals surface area contributed by atoms with Gasteiger partial charge in [0.2, 0.25) is 5.88 Å². The van der Waals surface area contributed by atoms with E-state index < -0.39 is 11.2 Å². The molecule has 0 aliphatic heterocycles. The van der Waals surface area contributed by atoms with Crippen LogP contribution in [0.5, 0.6) is 5.88 Å². The number of hydrogen-bond donors (Lipinski definition) is 1. The van der Waals surface area contributed by atoms with Crippen LogP contribution < -0.4 is 16.0 Å². The summed E-state index contributed by atoms with van der Waals surface area (Å²) in [5, 5.41) is 0. The van der Waals surface area contributed by atoms with Crippen molar-refractivity contribution in [1.29, 1.82) is 0 Å². The number of nitrogens with one attached hydrogen (secondary N) is 1. The second-order valence-electron chi connectivity index (χ2n) is 2.27. The van der Waals surface area contributed by atoms with E-state index >= 15 is 0 Å². The SMILES string of the molecule is CCOc1cc(=O)[nH]c(=O)n1C. The lowest BCUT2D eigenvalue weighted by Crippen LogP contribution is -2.28. The van der Waals surface area contributed by atoms with Gasteiger partial charge in [0.05, 0.1) is 12.7 Å². The molecule has 12 heavy (non-hydrogen) atoms. The first-order valence-corrected chi connectivity index (χ1v) is 3.58. The second-order valence-corrected chi connectivity index (χ2v) is 2.27. The van der Waals surface area contributed by atoms with Gasteiger partial charge >= 0.3 is 5.69 Å². The normalized spacial score (nSPS) is 9.83. The lowest BCUT2D eigenvalue weighted by atomic mass is 10.6. The highest BCUT2D eigenvalue weighted by Crippen LogP contribution is 1.99. The van der Waals surface area contributed by atoms with Crippen molar-refractivity contribution in [3.05, 3.63) is 26.9 Å². The van der Waals surface area contributed by atoms with Gasteiger partial charge < -0.3 is 4.74 Å². The lowest BCUT2D eigenvalue weighted by molar-refractivity contribution is 0.308. The maximum atomic E-state index is 11.0. The Balaban J connectivity index is 3.28. The summed E-state index contributed by atoms with van der Waals surface area (Å²) in [7, 11) is 1.53. The molecule has 1 aromatic rings. The highest BCUT2D eigenvalue weighted by molar-refractivity contribution is 5.07. The first-order valence-electron chi connectivity index (χ1n) is 3.58. The summed E-state index contributed by atoms with van der Waals surface area (Å²) in [6.07, 6.45) is 0. The Bertz CT molecular complexity index is 377. The number of hydrogen-bond acceptors (Lipinski definition) is 3. The number of ether oxygens (including phenoxy) is 1. The zero-order valence-corrected chi connectivity index (χ0v) is 6.96. The molecule has 0 saturated carbocycles. The van der Waals surface area contributed by atoms with E-state index in [0.29, 0.717) is 6.61 Å². The van der Waals surface area contributed by atoms with E-state index in [2.05, 4.69) is 4.98 Å². The van der Waals surface area contributed by atoms with Crippen molar-refractivity contribution in [2.75, 3.05) is 6.61 Å². The van der Waals surface area contributed by atoms with Crippen molar-refractivity contribution in [2.24, 2.45) is 7.05 Å². The van der Waals surface area contributed by atoms with Crippen LogP contribution in [0.4, 0.5) is 0 Å². The molecule has 66 valence electrons. The van der Waals surface area contributed by atoms with Crippen LogP contribution in [0.25, 0.3) is 0 Å². The van der Waals surface area contributed by atoms with Gasteiger partial charge in [-0.2, -0.15) is 0 Å². The summed E-state index contributed by atoms with van der Waals surface area (Å²) in [4.78, 5) is 23.9. The van der Waals surface area contributed by atoms with Crippen LogP contribution in [0.3, 0.4) is 0 Å². The third-order valence-electron chi connectivity index (χ3n) is 1.41. The average molecular weight is 170 g/mol. The second kappa shape index (κ2) is 3.25. The maximum absolute atomic E-state index is 11.0. The smallest absolute Gasteiger partial charge is 0.330 e. The molecule has 1 rings (SSSR count). The predicted octanol–water partition coefficient (Wildman–Crippen LogP) is -0.528. The average Bonchev–Trinajstić information content (AvgIpc) is 2.00. The van der Waals surface area contributed by atoms with Gasteiger partial charge in [0.25, 0.3) is 5.56 Å². The van der Waals surface area contributed by atoms with Gasteiger partial charge in [-0.15, -0.1) is 0 Å². The first-order chi connectivity index (χ1) is 5.65. The fraction of sp³-hybridized carbons (Fsp3) is 0.429. The van der Waals surface area contributed by atoms with E-state index in [9.17, 15) is 9.59 Å². The summed E-state index contributed by atoms with van der Waals surface area (Å²) >= 11 is 0. The summed E-state index contributed by atoms with van der Waals surface area (Å²) < 4.78 is 6.28. The van der Waals surface area contributed by atoms with Crippen LogP contribution in [-0.4, -0.2) is 16.2 Å². The Morgan fingerprint density at radius 2 is 2.25 bits per heavy atom. The minimum absolute atomic E-state index is 0.284. The Kier molecular flexibility index (Phi) is 2.32. The van der Waals surface area contributed by atoms with Crippen LogP contribution in [0, 0.1) is 0 Å². The molecule has 0 atom stereocenters. The molecule has 0 fully saturated rings. The summed E-state index contributed by atoms with van der Waals surface area (Å²) in [5.41, 5.74) is -0.910. The highest BCUT2D eigenvalue weighted by atomic mass is 16.5. The van der Waals surface area contributed by atoms with Crippen molar-refractivity contribution in [1.82, 2.24) is 9.55 Å². The molecule has 5 heteroatoms. The molecule has 1 N–H and O–H groups in total. The zero-order valence-electron chi connectivity index (χ0n) is 6.96. The Labute approximate surface area is 68.6 Å². The molecule has 1 aromatic heterocycles. The minimum Gasteiger partial charge on any atom is -0.479 e. The molecule has 1 heterocycles. The molecule has 0 radical (unpaired) electrons. The summed E-state index contributed by atoms with van der Waals surface area (Å²) in [6, 6.07) is 1.24. The number of aromatic amines is 1. The van der Waals surface area contributed by atoms with Crippen LogP contribution >= 0.6 is 0 Å². The van der Waals surface area contributed by atoms with Gasteiger partial charge in [0, 0.05) is 7.05 Å². The topological polar surface area (TPSA) is 64.1 Å². The van der Waals surface area contributed by atoms with Crippen molar-refractivity contribution in [3.63, 3.8) is 0 Å². The molecule has 0 aliphatic carbocycles. The Hall–Kier alpha value is -1.52. The van der Waals surface area contributed by atoms with Crippen molar-refractivity contribution < 1.29 is 4.74 Å². The van der Waals surface area contributed by atoms with Gasteiger partial charge in [0.1, 0.15) is 0 Å². The van der Waals surface area contributed by atoms with Gasteiger partial charge in [0.15, 0.2) is 0 Å². The van der Waals surface area contributed by atoms with E-state index in [1.165, 1.54) is 17.7 Å². The Morgan fingerprint density at radius 3 is 2.83 bits per heavy atom. The largest absolute Gasteiger partial charge is 0.479 e. The van der Waals surface area contributed by atoms with Crippen molar-refractivity contribution >= 4 is 0 Å². The molecule has 5 nitrogen and oxygen atoms in total. The van der Waals surface area contributed by atoms with E-state index in [0.717, 1.165) is 0 Å². The fourth-order valence-electron chi connectivity index (χ4n) is 0.821. The zero-order chi connectivity index (χ0) is 9.14. The van der Waals surface area contributed by atoms with Crippen LogP contribution in [0.1, 0.15) is 6.92 Å². The standard InChI is InChI=1S/C7H10N2O3/c1-3-12-6-4-5(10)8-7(11)9(6)2/h4H,3H2,1-2H3,(H,8,10,11). The summed E-state index contributed by atoms with van der Waals surface area (Å²) in [5.74, 6) is 0.284. The van der Waals surface area contributed by atoms with E-state index in [1.54, 1.807) is 6.92 Å². The third-order valence-corrected chi connectivity index (χ3v) is 1.41. The monoisotopic (exact) mass is 170 g/mol. The Morgan fingerprint density at radius 1 is 1.58 bits per heavy atom. The highest BCUT2D eigenvalue weighted by Gasteiger charge is 2.00. The van der Waals surface area contributed by atoms with E-state index in [-0.39, 0.29) is 5.88 Å². The van der Waals surface area contributed by atoms with E-state index in [1.807, 2.05) is 0 Å². The van der Waals surface area contributed by atoms with Gasteiger partial charge in [-0.05, 0) is 6.92 Å². The van der Waals surface area contributed by atoms with Crippen LogP contribution in [-0.2, 0) is 7.05 Å². The fourth-order valence-corrected chi connectivity index (χ4v) is 0.821. The predicted molar refractivity (Wildman–Crippen MR) is 43.5 cm³/mol. The quantitative estimate of drug-likeness (QED) is 0.649. The molecule has 0 aliphatic rings. The number of nitrogens with zero attached hydrogens (tertiary/aromatic N) is 1. The van der Waals surface area contributed by atoms with Crippen LogP contribution in [0.2, 0.25) is 0 Å². The van der Waals surface area contributed by atoms with Crippen molar-refractivity contribution in [2.45, 2.75) is 6.92 Å². The van der Waals surface area contributed by atoms with Crippen molar-refractivity contribution in [3.8, 4) is 5.88 Å². The molecule has 0 bridgehead atoms.